The van der Waals surface area contributed by atoms with Crippen LogP contribution in [0.25, 0.3) is 0 Å². The van der Waals surface area contributed by atoms with Gasteiger partial charge in [0, 0.05) is 0 Å². The quantitative estimate of drug-likeness (QED) is 0.469. The third kappa shape index (κ3) is 9.05. The summed E-state index contributed by atoms with van der Waals surface area (Å²) >= 11 is 2.33. The van der Waals surface area contributed by atoms with Crippen LogP contribution in [0.3, 0.4) is 0 Å². The molecule has 0 unspecified atom stereocenters. The van der Waals surface area contributed by atoms with E-state index < -0.39 is 0 Å². The Kier molecular flexibility index (Phi) is 10.1. The molecule has 0 amide bonds. The van der Waals surface area contributed by atoms with Crippen LogP contribution in [0.4, 0.5) is 0 Å². The second-order valence-corrected chi connectivity index (χ2v) is 2.68. The average molecular weight is 225 g/mol. The first-order chi connectivity index (χ1) is 4.41. The summed E-state index contributed by atoms with van der Waals surface area (Å²) in [4.78, 5) is 0. The molecule has 0 spiro atoms. The van der Waals surface area contributed by atoms with E-state index in [1.54, 1.807) is 0 Å². The van der Waals surface area contributed by atoms with Crippen molar-refractivity contribution in [3.8, 4) is 0 Å². The summed E-state index contributed by atoms with van der Waals surface area (Å²) < 4.78 is 0. The summed E-state index contributed by atoms with van der Waals surface area (Å²) in [6.07, 6.45) is 2.44. The van der Waals surface area contributed by atoms with E-state index in [0.717, 1.165) is 5.03 Å². The molecule has 0 radical (unpaired) electrons. The molecule has 9 heavy (non-hydrogen) atoms. The molecule has 0 aromatic rings. The van der Waals surface area contributed by atoms with Crippen molar-refractivity contribution >= 4 is 54.3 Å². The van der Waals surface area contributed by atoms with Gasteiger partial charge in [-0.2, -0.15) is 0 Å². The van der Waals surface area contributed by atoms with E-state index in [2.05, 4.69) is 56.2 Å². The molecule has 0 saturated carbocycles. The van der Waals surface area contributed by atoms with Gasteiger partial charge < -0.3 is 0 Å². The molecule has 0 heterocycles. The molecule has 0 atom stereocenters. The maximum atomic E-state index is 2.33. The Hall–Kier alpha value is 1.05. The van der Waals surface area contributed by atoms with Gasteiger partial charge in [-0.05, 0) is 0 Å². The second kappa shape index (κ2) is 9.05. The van der Waals surface area contributed by atoms with Crippen LogP contribution in [0.1, 0.15) is 13.3 Å². The molecule has 0 N–H and O–H groups in total. The molecular weight excluding hydrogens is 217 g/mol. The maximum absolute atomic E-state index is 2.33. The van der Waals surface area contributed by atoms with Gasteiger partial charge in [0.25, 0.3) is 0 Å². The van der Waals surface area contributed by atoms with Crippen molar-refractivity contribution < 1.29 is 0 Å². The van der Waals surface area contributed by atoms with Crippen LogP contribution in [-0.2, 0) is 0 Å². The van der Waals surface area contributed by atoms with E-state index in [-0.39, 0.29) is 0 Å². The third-order valence-corrected chi connectivity index (χ3v) is 1.44. The average Bonchev–Trinajstić information content (AvgIpc) is 1.89. The number of halogens is 1. The summed E-state index contributed by atoms with van der Waals surface area (Å²) in [6.45, 7) is 10.7. The Labute approximate surface area is 73.9 Å². The van der Waals surface area contributed by atoms with Crippen LogP contribution in [0.2, 0.25) is 6.32 Å². The molecule has 0 saturated heterocycles. The van der Waals surface area contributed by atoms with Gasteiger partial charge in [-0.15, -0.1) is 0 Å². The Bertz CT molecular complexity index is 100. The van der Waals surface area contributed by atoms with Crippen molar-refractivity contribution in [1.29, 1.82) is 0 Å². The Morgan fingerprint density at radius 1 is 1.44 bits per heavy atom. The molecule has 6 heteroatoms. The molecule has 0 aromatic carbocycles. The van der Waals surface area contributed by atoms with Gasteiger partial charge in [-0.25, -0.2) is 0 Å². The Balaban J connectivity index is 3.13. The zero-order chi connectivity index (χ0) is 6.95. The fraction of sp³-hybridized carbons (Fsp3) is 1.00. The van der Waals surface area contributed by atoms with Crippen molar-refractivity contribution in [3.05, 3.63) is 0 Å². The molecule has 0 aliphatic heterocycles. The van der Waals surface area contributed by atoms with Crippen LogP contribution >= 0.6 is 22.4 Å². The van der Waals surface area contributed by atoms with E-state index in [4.69, 9.17) is 0 Å². The van der Waals surface area contributed by atoms with E-state index in [1.165, 1.54) is 12.7 Å². The first-order valence-electron chi connectivity index (χ1n) is 3.29. The zero-order valence-electron chi connectivity index (χ0n) is 5.81. The third-order valence-electron chi connectivity index (χ3n) is 0.928. The SMILES string of the molecule is CCCB=BB=BBI. The van der Waals surface area contributed by atoms with Crippen molar-refractivity contribution in [1.82, 2.24) is 0 Å². The van der Waals surface area contributed by atoms with Crippen LogP contribution in [-0.4, -0.2) is 31.9 Å². The number of hydrogen-bond acceptors (Lipinski definition) is 0. The number of hydrogen-bond donors (Lipinski definition) is 0. The number of rotatable bonds is 4. The monoisotopic (exact) mass is 226 g/mol. The Morgan fingerprint density at radius 3 is 2.78 bits per heavy atom. The van der Waals surface area contributed by atoms with E-state index >= 15 is 0 Å². The van der Waals surface area contributed by atoms with Gasteiger partial charge in [-0.3, -0.25) is 0 Å². The van der Waals surface area contributed by atoms with Crippen molar-refractivity contribution in [2.75, 3.05) is 0 Å². The summed E-state index contributed by atoms with van der Waals surface area (Å²) in [5.41, 5.74) is 0. The standard InChI is InChI=1S/C3H8B5I/c1-2-3-4-5-6-7-8-9/h8H,2-3H2,1H3. The minimum atomic E-state index is 1.11. The molecule has 0 nitrogen and oxygen atoms in total. The normalized spacial score (nSPS) is 7.78. The molecule has 42 valence electrons. The molecule has 0 bridgehead atoms. The van der Waals surface area contributed by atoms with Gasteiger partial charge in [0.05, 0.1) is 0 Å². The molecule has 0 rings (SSSR count). The minimum absolute atomic E-state index is 1.11. The van der Waals surface area contributed by atoms with Gasteiger partial charge in [0.2, 0.25) is 0 Å². The van der Waals surface area contributed by atoms with Crippen molar-refractivity contribution in [3.63, 3.8) is 0 Å². The summed E-state index contributed by atoms with van der Waals surface area (Å²) in [6, 6.07) is 0. The van der Waals surface area contributed by atoms with Gasteiger partial charge in [0.15, 0.2) is 0 Å². The van der Waals surface area contributed by atoms with E-state index in [1.807, 2.05) is 0 Å². The topological polar surface area (TPSA) is 0 Å². The zero-order valence-corrected chi connectivity index (χ0v) is 7.97. The first kappa shape index (κ1) is 10.1. The van der Waals surface area contributed by atoms with Gasteiger partial charge >= 0.3 is 73.9 Å². The van der Waals surface area contributed by atoms with Gasteiger partial charge in [-0.1, -0.05) is 0 Å². The van der Waals surface area contributed by atoms with Crippen LogP contribution in [0.5, 0.6) is 0 Å². The van der Waals surface area contributed by atoms with Crippen LogP contribution < -0.4 is 0 Å². The first-order valence-corrected chi connectivity index (χ1v) is 4.82. The molecule has 0 aliphatic carbocycles. The summed E-state index contributed by atoms with van der Waals surface area (Å²) in [7, 11) is 0. The van der Waals surface area contributed by atoms with Crippen molar-refractivity contribution in [2.24, 2.45) is 0 Å². The van der Waals surface area contributed by atoms with Crippen LogP contribution in [0, 0.1) is 0 Å². The van der Waals surface area contributed by atoms with Crippen molar-refractivity contribution in [2.45, 2.75) is 19.7 Å². The predicted octanol–water partition coefficient (Wildman–Crippen LogP) is 0.0780. The second-order valence-electron chi connectivity index (χ2n) is 1.80. The van der Waals surface area contributed by atoms with E-state index in [0.29, 0.717) is 0 Å². The summed E-state index contributed by atoms with van der Waals surface area (Å²) in [5.74, 6) is 0. The fourth-order valence-electron chi connectivity index (χ4n) is 0.471. The predicted molar refractivity (Wildman–Crippen MR) is 59.3 cm³/mol. The Morgan fingerprint density at radius 2 is 2.22 bits per heavy atom. The van der Waals surface area contributed by atoms with Gasteiger partial charge in [0.1, 0.15) is 0 Å². The molecular formula is C3H8B5I. The molecule has 0 aliphatic rings. The molecule has 0 fully saturated rings. The summed E-state index contributed by atoms with van der Waals surface area (Å²) in [5, 5.41) is 1.11. The molecule has 0 aromatic heterocycles. The fourth-order valence-corrected chi connectivity index (χ4v) is 0.765. The van der Waals surface area contributed by atoms with E-state index in [9.17, 15) is 0 Å². The van der Waals surface area contributed by atoms with Crippen LogP contribution in [0.15, 0.2) is 0 Å².